The third-order valence-electron chi connectivity index (χ3n) is 5.05. The Hall–Kier alpha value is -3.19. The van der Waals surface area contributed by atoms with Crippen molar-refractivity contribution in [1.82, 2.24) is 9.88 Å². The summed E-state index contributed by atoms with van der Waals surface area (Å²) in [6.07, 6.45) is 3.17. The average molecular weight is 465 g/mol. The minimum Gasteiger partial charge on any atom is -0.368 e. The molecule has 0 unspecified atom stereocenters. The number of carbonyl (C=O) groups excluding carboxylic acids is 2. The molecule has 1 saturated heterocycles. The van der Waals surface area contributed by atoms with E-state index in [9.17, 15) is 9.59 Å². The van der Waals surface area contributed by atoms with E-state index in [1.54, 1.807) is 12.3 Å². The molecule has 7 heteroatoms. The van der Waals surface area contributed by atoms with Crippen molar-refractivity contribution >= 4 is 39.1 Å². The van der Waals surface area contributed by atoms with E-state index in [1.807, 2.05) is 59.5 Å². The molecular weight excluding hydrogens is 444 g/mol. The summed E-state index contributed by atoms with van der Waals surface area (Å²) in [6, 6.07) is 18.9. The minimum absolute atomic E-state index is 0.0790. The first-order chi connectivity index (χ1) is 14.6. The Kier molecular flexibility index (Phi) is 6.09. The van der Waals surface area contributed by atoms with Gasteiger partial charge < -0.3 is 15.1 Å². The third kappa shape index (κ3) is 4.68. The van der Waals surface area contributed by atoms with E-state index in [2.05, 4.69) is 31.1 Å². The van der Waals surface area contributed by atoms with Gasteiger partial charge in [-0.2, -0.15) is 0 Å². The fourth-order valence-corrected chi connectivity index (χ4v) is 3.79. The average Bonchev–Trinajstić information content (AvgIpc) is 2.80. The molecule has 1 fully saturated rings. The fourth-order valence-electron chi connectivity index (χ4n) is 3.43. The molecule has 0 aliphatic carbocycles. The Morgan fingerprint density at radius 2 is 1.57 bits per heavy atom. The number of piperazine rings is 1. The van der Waals surface area contributed by atoms with Crippen LogP contribution in [-0.2, 0) is 0 Å². The van der Waals surface area contributed by atoms with E-state index in [0.29, 0.717) is 18.7 Å². The molecule has 1 aromatic heterocycles. The number of carbonyl (C=O) groups is 2. The number of anilines is 2. The molecule has 4 rings (SSSR count). The lowest BCUT2D eigenvalue weighted by Crippen LogP contribution is -2.48. The number of aromatic nitrogens is 1. The maximum atomic E-state index is 12.6. The van der Waals surface area contributed by atoms with Crippen molar-refractivity contribution in [3.63, 3.8) is 0 Å². The molecule has 2 amide bonds. The van der Waals surface area contributed by atoms with E-state index in [1.165, 1.54) is 6.20 Å². The number of hydrogen-bond donors (Lipinski definition) is 1. The Labute approximate surface area is 183 Å². The van der Waals surface area contributed by atoms with Crippen molar-refractivity contribution in [3.8, 4) is 0 Å². The number of amides is 2. The van der Waals surface area contributed by atoms with E-state index in [-0.39, 0.29) is 11.8 Å². The second-order valence-corrected chi connectivity index (χ2v) is 7.95. The smallest absolute Gasteiger partial charge is 0.257 e. The Bertz CT molecular complexity index is 1030. The summed E-state index contributed by atoms with van der Waals surface area (Å²) in [5.74, 6) is -0.125. The first kappa shape index (κ1) is 20.1. The molecule has 1 aliphatic heterocycles. The van der Waals surface area contributed by atoms with Crippen molar-refractivity contribution < 1.29 is 9.59 Å². The van der Waals surface area contributed by atoms with Gasteiger partial charge in [-0.15, -0.1) is 0 Å². The monoisotopic (exact) mass is 464 g/mol. The first-order valence-electron chi connectivity index (χ1n) is 9.71. The van der Waals surface area contributed by atoms with Crippen LogP contribution in [-0.4, -0.2) is 47.9 Å². The van der Waals surface area contributed by atoms with Crippen molar-refractivity contribution in [1.29, 1.82) is 0 Å². The third-order valence-corrected chi connectivity index (χ3v) is 5.48. The van der Waals surface area contributed by atoms with Crippen molar-refractivity contribution in [2.45, 2.75) is 0 Å². The highest BCUT2D eigenvalue weighted by molar-refractivity contribution is 9.10. The second-order valence-electron chi connectivity index (χ2n) is 7.04. The van der Waals surface area contributed by atoms with Crippen LogP contribution in [0, 0.1) is 0 Å². The Balaban J connectivity index is 1.34. The van der Waals surface area contributed by atoms with E-state index in [4.69, 9.17) is 0 Å². The highest BCUT2D eigenvalue weighted by atomic mass is 79.9. The standard InChI is InChI=1S/C23H21BrN4O2/c24-19-14-18(15-25-16-19)22(29)26-20-6-8-21(9-7-20)27-10-12-28(13-11-27)23(30)17-4-2-1-3-5-17/h1-9,14-16H,10-13H2,(H,26,29). The molecule has 1 N–H and O–H groups in total. The van der Waals surface area contributed by atoms with Crippen LogP contribution in [0.2, 0.25) is 0 Å². The predicted molar refractivity (Wildman–Crippen MR) is 121 cm³/mol. The van der Waals surface area contributed by atoms with Crippen molar-refractivity contribution in [2.75, 3.05) is 36.4 Å². The summed E-state index contributed by atoms with van der Waals surface area (Å²) >= 11 is 3.32. The van der Waals surface area contributed by atoms with Gasteiger partial charge in [-0.3, -0.25) is 14.6 Å². The molecule has 0 spiro atoms. The summed E-state index contributed by atoms with van der Waals surface area (Å²) in [5.41, 5.74) is 3.02. The van der Waals surface area contributed by atoms with Crippen LogP contribution < -0.4 is 10.2 Å². The molecule has 2 aromatic carbocycles. The summed E-state index contributed by atoms with van der Waals surface area (Å²) in [4.78, 5) is 33.1. The van der Waals surface area contributed by atoms with Gasteiger partial charge in [0.05, 0.1) is 5.56 Å². The highest BCUT2D eigenvalue weighted by Gasteiger charge is 2.22. The van der Waals surface area contributed by atoms with Crippen LogP contribution in [0.3, 0.4) is 0 Å². The van der Waals surface area contributed by atoms with Gasteiger partial charge in [-0.1, -0.05) is 18.2 Å². The lowest BCUT2D eigenvalue weighted by molar-refractivity contribution is 0.0746. The molecular formula is C23H21BrN4O2. The van der Waals surface area contributed by atoms with Gasteiger partial charge in [0.15, 0.2) is 0 Å². The van der Waals surface area contributed by atoms with Crippen LogP contribution in [0.1, 0.15) is 20.7 Å². The van der Waals surface area contributed by atoms with Gasteiger partial charge in [0.25, 0.3) is 11.8 Å². The van der Waals surface area contributed by atoms with Gasteiger partial charge >= 0.3 is 0 Å². The lowest BCUT2D eigenvalue weighted by atomic mass is 10.1. The summed E-state index contributed by atoms with van der Waals surface area (Å²) in [6.45, 7) is 2.91. The lowest BCUT2D eigenvalue weighted by Gasteiger charge is -2.36. The molecule has 0 saturated carbocycles. The van der Waals surface area contributed by atoms with Gasteiger partial charge in [0.2, 0.25) is 0 Å². The Morgan fingerprint density at radius 3 is 2.23 bits per heavy atom. The van der Waals surface area contributed by atoms with E-state index < -0.39 is 0 Å². The summed E-state index contributed by atoms with van der Waals surface area (Å²) < 4.78 is 0.760. The number of nitrogens with one attached hydrogen (secondary N) is 1. The molecule has 0 atom stereocenters. The summed E-state index contributed by atoms with van der Waals surface area (Å²) in [7, 11) is 0. The SMILES string of the molecule is O=C(Nc1ccc(N2CCN(C(=O)c3ccccc3)CC2)cc1)c1cncc(Br)c1. The first-order valence-corrected chi connectivity index (χ1v) is 10.5. The van der Waals surface area contributed by atoms with Crippen LogP contribution in [0.4, 0.5) is 11.4 Å². The maximum Gasteiger partial charge on any atom is 0.257 e. The predicted octanol–water partition coefficient (Wildman–Crippen LogP) is 4.06. The number of benzene rings is 2. The number of nitrogens with zero attached hydrogens (tertiary/aromatic N) is 3. The number of halogens is 1. The van der Waals surface area contributed by atoms with Crippen molar-refractivity contribution in [2.24, 2.45) is 0 Å². The molecule has 3 aromatic rings. The fraction of sp³-hybridized carbons (Fsp3) is 0.174. The van der Waals surface area contributed by atoms with E-state index >= 15 is 0 Å². The van der Waals surface area contributed by atoms with Crippen LogP contribution in [0.15, 0.2) is 77.5 Å². The quantitative estimate of drug-likeness (QED) is 0.632. The molecule has 0 bridgehead atoms. The zero-order valence-corrected chi connectivity index (χ0v) is 17.9. The van der Waals surface area contributed by atoms with Gasteiger partial charge in [-0.05, 0) is 58.4 Å². The molecule has 0 radical (unpaired) electrons. The highest BCUT2D eigenvalue weighted by Crippen LogP contribution is 2.21. The minimum atomic E-state index is -0.204. The molecule has 30 heavy (non-hydrogen) atoms. The van der Waals surface area contributed by atoms with Gasteiger partial charge in [0.1, 0.15) is 0 Å². The number of pyridine rings is 1. The zero-order chi connectivity index (χ0) is 20.9. The van der Waals surface area contributed by atoms with Crippen LogP contribution in [0.5, 0.6) is 0 Å². The summed E-state index contributed by atoms with van der Waals surface area (Å²) in [5, 5.41) is 2.88. The maximum absolute atomic E-state index is 12.6. The van der Waals surface area contributed by atoms with Gasteiger partial charge in [0, 0.05) is 60.0 Å². The second kappa shape index (κ2) is 9.09. The zero-order valence-electron chi connectivity index (χ0n) is 16.3. The number of hydrogen-bond acceptors (Lipinski definition) is 4. The Morgan fingerprint density at radius 1 is 0.867 bits per heavy atom. The largest absolute Gasteiger partial charge is 0.368 e. The van der Waals surface area contributed by atoms with E-state index in [0.717, 1.165) is 34.5 Å². The van der Waals surface area contributed by atoms with Crippen molar-refractivity contribution in [3.05, 3.63) is 88.7 Å². The van der Waals surface area contributed by atoms with Crippen LogP contribution in [0.25, 0.3) is 0 Å². The molecule has 1 aliphatic rings. The topological polar surface area (TPSA) is 65.5 Å². The van der Waals surface area contributed by atoms with Crippen LogP contribution >= 0.6 is 15.9 Å². The molecule has 6 nitrogen and oxygen atoms in total. The number of rotatable bonds is 4. The van der Waals surface area contributed by atoms with Gasteiger partial charge in [-0.25, -0.2) is 0 Å². The molecule has 2 heterocycles. The normalized spacial score (nSPS) is 13.8. The molecule has 152 valence electrons.